The van der Waals surface area contributed by atoms with E-state index in [0.717, 1.165) is 22.7 Å². The van der Waals surface area contributed by atoms with Crippen LogP contribution < -0.4 is 20.5 Å². The Morgan fingerprint density at radius 1 is 1.21 bits per heavy atom. The Balaban J connectivity index is 0.00000208. The second-order valence-electron chi connectivity index (χ2n) is 5.76. The lowest BCUT2D eigenvalue weighted by atomic mass is 10.0. The van der Waals surface area contributed by atoms with Gasteiger partial charge in [-0.25, -0.2) is 4.99 Å². The van der Waals surface area contributed by atoms with Crippen molar-refractivity contribution in [2.75, 3.05) is 12.1 Å². The highest BCUT2D eigenvalue weighted by Gasteiger charge is 2.16. The Morgan fingerprint density at radius 2 is 2.00 bits per heavy atom. The molecule has 0 fully saturated rings. The molecule has 128 valence electrons. The van der Waals surface area contributed by atoms with Crippen LogP contribution in [0.1, 0.15) is 30.9 Å². The van der Waals surface area contributed by atoms with Crippen LogP contribution in [-0.4, -0.2) is 12.8 Å². The molecule has 5 nitrogen and oxygen atoms in total. The summed E-state index contributed by atoms with van der Waals surface area (Å²) in [5.41, 5.74) is 9.15. The summed E-state index contributed by atoms with van der Waals surface area (Å²) in [6.45, 7) is 5.02. The molecule has 2 aromatic rings. The summed E-state index contributed by atoms with van der Waals surface area (Å²) < 4.78 is 10.8. The number of nitrogens with one attached hydrogen (secondary N) is 1. The van der Waals surface area contributed by atoms with Crippen molar-refractivity contribution in [1.82, 2.24) is 0 Å². The third-order valence-corrected chi connectivity index (χ3v) is 3.72. The third kappa shape index (κ3) is 4.31. The summed E-state index contributed by atoms with van der Waals surface area (Å²) in [6, 6.07) is 14.0. The van der Waals surface area contributed by atoms with Crippen LogP contribution in [0.2, 0.25) is 0 Å². The van der Waals surface area contributed by atoms with Crippen LogP contribution in [0.4, 0.5) is 5.69 Å². The number of nitrogens with zero attached hydrogens (tertiary/aromatic N) is 1. The molecular formula is C18H22IN3O2. The molecule has 0 bridgehead atoms. The molecule has 0 atom stereocenters. The summed E-state index contributed by atoms with van der Waals surface area (Å²) in [4.78, 5) is 4.39. The molecule has 2 aromatic carbocycles. The fourth-order valence-corrected chi connectivity index (χ4v) is 2.45. The SMILES string of the molecule is CC(C)c1cccc(NC(N)=NCc2cccc3c2OCO3)c1.I. The molecule has 0 amide bonds. The van der Waals surface area contributed by atoms with E-state index in [9.17, 15) is 0 Å². The Morgan fingerprint density at radius 3 is 2.79 bits per heavy atom. The fourth-order valence-electron chi connectivity index (χ4n) is 2.45. The second kappa shape index (κ2) is 8.23. The van der Waals surface area contributed by atoms with Crippen LogP contribution in [0, 0.1) is 0 Å². The van der Waals surface area contributed by atoms with Crippen molar-refractivity contribution in [3.05, 3.63) is 53.6 Å². The first kappa shape index (κ1) is 18.4. The highest BCUT2D eigenvalue weighted by molar-refractivity contribution is 14.0. The number of guanidine groups is 1. The van der Waals surface area contributed by atoms with Gasteiger partial charge in [0, 0.05) is 11.3 Å². The quantitative estimate of drug-likeness (QED) is 0.428. The minimum Gasteiger partial charge on any atom is -0.454 e. The molecule has 24 heavy (non-hydrogen) atoms. The van der Waals surface area contributed by atoms with Crippen LogP contribution >= 0.6 is 24.0 Å². The maximum Gasteiger partial charge on any atom is 0.231 e. The molecule has 0 radical (unpaired) electrons. The van der Waals surface area contributed by atoms with Gasteiger partial charge in [-0.1, -0.05) is 38.1 Å². The molecule has 3 rings (SSSR count). The predicted molar refractivity (Wildman–Crippen MR) is 107 cm³/mol. The molecule has 0 aromatic heterocycles. The Kier molecular flexibility index (Phi) is 6.30. The molecular weight excluding hydrogens is 417 g/mol. The molecule has 0 unspecified atom stereocenters. The number of para-hydroxylation sites is 1. The maximum absolute atomic E-state index is 5.99. The number of hydrogen-bond donors (Lipinski definition) is 2. The first-order valence-corrected chi connectivity index (χ1v) is 7.68. The fraction of sp³-hybridized carbons (Fsp3) is 0.278. The standard InChI is InChI=1S/C18H21N3O2.HI/c1-12(2)13-5-3-7-15(9-13)21-18(19)20-10-14-6-4-8-16-17(14)23-11-22-16;/h3-9,12H,10-11H2,1-2H3,(H3,19,20,21);1H. The van der Waals surface area contributed by atoms with Crippen molar-refractivity contribution < 1.29 is 9.47 Å². The highest BCUT2D eigenvalue weighted by atomic mass is 127. The number of rotatable bonds is 4. The Labute approximate surface area is 159 Å². The monoisotopic (exact) mass is 439 g/mol. The van der Waals surface area contributed by atoms with Gasteiger partial charge in [0.15, 0.2) is 17.5 Å². The topological polar surface area (TPSA) is 68.9 Å². The van der Waals surface area contributed by atoms with Crippen LogP contribution in [0.25, 0.3) is 0 Å². The van der Waals surface area contributed by atoms with E-state index in [2.05, 4.69) is 36.3 Å². The lowest BCUT2D eigenvalue weighted by Crippen LogP contribution is -2.22. The summed E-state index contributed by atoms with van der Waals surface area (Å²) >= 11 is 0. The molecule has 0 spiro atoms. The van der Waals surface area contributed by atoms with Crippen molar-refractivity contribution in [3.63, 3.8) is 0 Å². The first-order valence-electron chi connectivity index (χ1n) is 7.68. The van der Waals surface area contributed by atoms with E-state index in [1.165, 1.54) is 5.56 Å². The van der Waals surface area contributed by atoms with E-state index in [0.29, 0.717) is 18.4 Å². The third-order valence-electron chi connectivity index (χ3n) is 3.72. The van der Waals surface area contributed by atoms with Crippen LogP contribution in [0.5, 0.6) is 11.5 Å². The van der Waals surface area contributed by atoms with E-state index in [1.807, 2.05) is 30.3 Å². The van der Waals surface area contributed by atoms with Gasteiger partial charge >= 0.3 is 0 Å². The number of fused-ring (bicyclic) bond motifs is 1. The maximum atomic E-state index is 5.99. The number of halogens is 1. The van der Waals surface area contributed by atoms with Gasteiger partial charge in [0.05, 0.1) is 6.54 Å². The van der Waals surface area contributed by atoms with Crippen molar-refractivity contribution in [2.24, 2.45) is 10.7 Å². The van der Waals surface area contributed by atoms with Gasteiger partial charge in [-0.15, -0.1) is 24.0 Å². The molecule has 0 saturated heterocycles. The van der Waals surface area contributed by atoms with Crippen molar-refractivity contribution in [1.29, 1.82) is 0 Å². The van der Waals surface area contributed by atoms with Gasteiger partial charge in [-0.05, 0) is 29.7 Å². The van der Waals surface area contributed by atoms with Crippen LogP contribution in [-0.2, 0) is 6.54 Å². The van der Waals surface area contributed by atoms with Gasteiger partial charge in [-0.3, -0.25) is 0 Å². The summed E-state index contributed by atoms with van der Waals surface area (Å²) in [5.74, 6) is 2.36. The Hall–Kier alpha value is -1.96. The minimum atomic E-state index is 0. The van der Waals surface area contributed by atoms with E-state index in [1.54, 1.807) is 0 Å². The highest BCUT2D eigenvalue weighted by Crippen LogP contribution is 2.35. The number of hydrogen-bond acceptors (Lipinski definition) is 3. The molecule has 3 N–H and O–H groups in total. The zero-order chi connectivity index (χ0) is 16.2. The number of nitrogens with two attached hydrogens (primary N) is 1. The average molecular weight is 439 g/mol. The lowest BCUT2D eigenvalue weighted by Gasteiger charge is -2.10. The molecule has 1 aliphatic heterocycles. The van der Waals surface area contributed by atoms with Gasteiger partial charge in [0.2, 0.25) is 6.79 Å². The van der Waals surface area contributed by atoms with Gasteiger partial charge in [0.25, 0.3) is 0 Å². The van der Waals surface area contributed by atoms with E-state index in [4.69, 9.17) is 15.2 Å². The number of anilines is 1. The molecule has 1 heterocycles. The van der Waals surface area contributed by atoms with Gasteiger partial charge in [0.1, 0.15) is 0 Å². The summed E-state index contributed by atoms with van der Waals surface area (Å²) in [6.07, 6.45) is 0. The smallest absolute Gasteiger partial charge is 0.231 e. The molecule has 0 saturated carbocycles. The number of benzene rings is 2. The summed E-state index contributed by atoms with van der Waals surface area (Å²) in [5, 5.41) is 3.13. The van der Waals surface area contributed by atoms with E-state index >= 15 is 0 Å². The Bertz CT molecular complexity index is 732. The van der Waals surface area contributed by atoms with Crippen molar-refractivity contribution in [2.45, 2.75) is 26.3 Å². The van der Waals surface area contributed by atoms with Crippen LogP contribution in [0.15, 0.2) is 47.5 Å². The predicted octanol–water partition coefficient (Wildman–Crippen LogP) is 4.08. The average Bonchev–Trinajstić information content (AvgIpc) is 3.02. The number of ether oxygens (including phenoxy) is 2. The second-order valence-corrected chi connectivity index (χ2v) is 5.76. The minimum absolute atomic E-state index is 0. The molecule has 6 heteroatoms. The van der Waals surface area contributed by atoms with Crippen molar-refractivity contribution >= 4 is 35.6 Å². The van der Waals surface area contributed by atoms with E-state index in [-0.39, 0.29) is 30.8 Å². The lowest BCUT2D eigenvalue weighted by molar-refractivity contribution is 0.173. The van der Waals surface area contributed by atoms with Crippen molar-refractivity contribution in [3.8, 4) is 11.5 Å². The zero-order valence-electron chi connectivity index (χ0n) is 13.8. The zero-order valence-corrected chi connectivity index (χ0v) is 16.1. The largest absolute Gasteiger partial charge is 0.454 e. The van der Waals surface area contributed by atoms with Crippen LogP contribution in [0.3, 0.4) is 0 Å². The molecule has 0 aliphatic carbocycles. The van der Waals surface area contributed by atoms with Gasteiger partial charge < -0.3 is 20.5 Å². The molecule has 1 aliphatic rings. The normalized spacial score (nSPS) is 12.9. The van der Waals surface area contributed by atoms with Gasteiger partial charge in [-0.2, -0.15) is 0 Å². The summed E-state index contributed by atoms with van der Waals surface area (Å²) in [7, 11) is 0. The van der Waals surface area contributed by atoms with E-state index < -0.39 is 0 Å². The first-order chi connectivity index (χ1) is 11.1. The number of aliphatic imine (C=N–C) groups is 1.